The standard InChI is InChI=1S/C10H6ClN3O4/c11-8-3-7(14(17)18)1-2-9(8)13-5-6(4-12-13)10(15)16/h1-5H,(H,15,16). The minimum absolute atomic E-state index is 0.00409. The summed E-state index contributed by atoms with van der Waals surface area (Å²) in [7, 11) is 0. The number of aromatic nitrogens is 2. The van der Waals surface area contributed by atoms with Crippen LogP contribution >= 0.6 is 11.6 Å². The third-order valence-corrected chi connectivity index (χ3v) is 2.52. The van der Waals surface area contributed by atoms with Crippen LogP contribution in [0.4, 0.5) is 5.69 Å². The van der Waals surface area contributed by atoms with Crippen LogP contribution in [0, 0.1) is 10.1 Å². The summed E-state index contributed by atoms with van der Waals surface area (Å²) < 4.78 is 1.25. The molecule has 1 aromatic heterocycles. The molecule has 0 saturated heterocycles. The molecule has 0 saturated carbocycles. The number of benzene rings is 1. The zero-order valence-corrected chi connectivity index (χ0v) is 9.53. The summed E-state index contributed by atoms with van der Waals surface area (Å²) in [6, 6.07) is 3.85. The van der Waals surface area contributed by atoms with Crippen LogP contribution in [0.1, 0.15) is 10.4 Å². The van der Waals surface area contributed by atoms with E-state index >= 15 is 0 Å². The highest BCUT2D eigenvalue weighted by Gasteiger charge is 2.13. The van der Waals surface area contributed by atoms with Gasteiger partial charge in [0.2, 0.25) is 0 Å². The Morgan fingerprint density at radius 2 is 2.22 bits per heavy atom. The molecule has 0 spiro atoms. The molecule has 92 valence electrons. The van der Waals surface area contributed by atoms with E-state index in [4.69, 9.17) is 16.7 Å². The summed E-state index contributed by atoms with van der Waals surface area (Å²) >= 11 is 5.88. The second-order valence-corrected chi connectivity index (χ2v) is 3.78. The van der Waals surface area contributed by atoms with Gasteiger partial charge in [-0.1, -0.05) is 11.6 Å². The van der Waals surface area contributed by atoms with Gasteiger partial charge >= 0.3 is 5.97 Å². The van der Waals surface area contributed by atoms with Crippen molar-refractivity contribution in [2.24, 2.45) is 0 Å². The first-order valence-electron chi connectivity index (χ1n) is 4.71. The first kappa shape index (κ1) is 12.1. The first-order chi connectivity index (χ1) is 8.49. The molecule has 18 heavy (non-hydrogen) atoms. The second-order valence-electron chi connectivity index (χ2n) is 3.37. The van der Waals surface area contributed by atoms with Crippen LogP contribution in [0.15, 0.2) is 30.6 Å². The fourth-order valence-corrected chi connectivity index (χ4v) is 1.62. The number of carboxylic acid groups (broad SMARTS) is 1. The maximum absolute atomic E-state index is 10.7. The molecule has 1 heterocycles. The SMILES string of the molecule is O=C(O)c1cnn(-c2ccc([N+](=O)[O-])cc2Cl)c1. The van der Waals surface area contributed by atoms with Crippen LogP contribution in [0.25, 0.3) is 5.69 Å². The predicted molar refractivity (Wildman–Crippen MR) is 62.2 cm³/mol. The molecule has 1 N–H and O–H groups in total. The van der Waals surface area contributed by atoms with Crippen molar-refractivity contribution in [3.05, 3.63) is 51.3 Å². The lowest BCUT2D eigenvalue weighted by Crippen LogP contribution is -1.97. The van der Waals surface area contributed by atoms with Gasteiger partial charge < -0.3 is 5.11 Å². The topological polar surface area (TPSA) is 98.3 Å². The summed E-state index contributed by atoms with van der Waals surface area (Å²) in [5.41, 5.74) is 0.230. The normalized spacial score (nSPS) is 10.3. The number of hydrogen-bond acceptors (Lipinski definition) is 4. The average Bonchev–Trinajstić information content (AvgIpc) is 2.78. The second kappa shape index (κ2) is 4.46. The molecular formula is C10H6ClN3O4. The fourth-order valence-electron chi connectivity index (χ4n) is 1.36. The van der Waals surface area contributed by atoms with Gasteiger partial charge in [-0.15, -0.1) is 0 Å². The number of carboxylic acids is 1. The van der Waals surface area contributed by atoms with Gasteiger partial charge in [-0.2, -0.15) is 5.10 Å². The van der Waals surface area contributed by atoms with Crippen LogP contribution in [0.3, 0.4) is 0 Å². The monoisotopic (exact) mass is 267 g/mol. The Hall–Kier alpha value is -2.41. The molecule has 0 unspecified atom stereocenters. The van der Waals surface area contributed by atoms with Crippen molar-refractivity contribution in [2.45, 2.75) is 0 Å². The van der Waals surface area contributed by atoms with Crippen molar-refractivity contribution in [3.8, 4) is 5.69 Å². The summed E-state index contributed by atoms with van der Waals surface area (Å²) in [6.07, 6.45) is 2.44. The molecule has 0 amide bonds. The molecule has 0 atom stereocenters. The number of nitro benzene ring substituents is 1. The van der Waals surface area contributed by atoms with Gasteiger partial charge in [-0.05, 0) is 6.07 Å². The average molecular weight is 268 g/mol. The van der Waals surface area contributed by atoms with Gasteiger partial charge in [0.25, 0.3) is 5.69 Å². The van der Waals surface area contributed by atoms with Crippen molar-refractivity contribution in [1.82, 2.24) is 9.78 Å². The number of carbonyl (C=O) groups is 1. The maximum Gasteiger partial charge on any atom is 0.338 e. The zero-order chi connectivity index (χ0) is 13.3. The van der Waals surface area contributed by atoms with E-state index in [-0.39, 0.29) is 16.3 Å². The summed E-state index contributed by atoms with van der Waals surface area (Å²) in [6.45, 7) is 0. The number of halogens is 1. The molecule has 7 nitrogen and oxygen atoms in total. The summed E-state index contributed by atoms with van der Waals surface area (Å²) in [4.78, 5) is 20.7. The fraction of sp³-hybridized carbons (Fsp3) is 0. The number of nitro groups is 1. The highest BCUT2D eigenvalue weighted by atomic mass is 35.5. The molecule has 2 rings (SSSR count). The van der Waals surface area contributed by atoms with Gasteiger partial charge in [-0.3, -0.25) is 10.1 Å². The molecule has 0 radical (unpaired) electrons. The van der Waals surface area contributed by atoms with E-state index in [1.54, 1.807) is 0 Å². The van der Waals surface area contributed by atoms with Crippen LogP contribution in [-0.4, -0.2) is 25.8 Å². The first-order valence-corrected chi connectivity index (χ1v) is 5.09. The Morgan fingerprint density at radius 1 is 1.50 bits per heavy atom. The molecule has 0 aliphatic heterocycles. The summed E-state index contributed by atoms with van der Waals surface area (Å²) in [5, 5.41) is 23.2. The smallest absolute Gasteiger partial charge is 0.338 e. The Kier molecular flexibility index (Phi) is 2.99. The van der Waals surface area contributed by atoms with E-state index in [9.17, 15) is 14.9 Å². The van der Waals surface area contributed by atoms with Gasteiger partial charge in [0.15, 0.2) is 0 Å². The van der Waals surface area contributed by atoms with E-state index in [0.717, 1.165) is 0 Å². The van der Waals surface area contributed by atoms with Gasteiger partial charge in [0.05, 0.1) is 27.4 Å². The molecule has 0 fully saturated rings. The molecule has 8 heteroatoms. The molecule has 0 bridgehead atoms. The zero-order valence-electron chi connectivity index (χ0n) is 8.78. The van der Waals surface area contributed by atoms with Crippen LogP contribution in [0.5, 0.6) is 0 Å². The van der Waals surface area contributed by atoms with E-state index < -0.39 is 10.9 Å². The van der Waals surface area contributed by atoms with Crippen molar-refractivity contribution in [3.63, 3.8) is 0 Å². The lowest BCUT2D eigenvalue weighted by Gasteiger charge is -2.03. The van der Waals surface area contributed by atoms with E-state index in [0.29, 0.717) is 5.69 Å². The number of aromatic carboxylic acids is 1. The minimum atomic E-state index is -1.11. The molecule has 0 aliphatic rings. The third-order valence-electron chi connectivity index (χ3n) is 2.22. The highest BCUT2D eigenvalue weighted by Crippen LogP contribution is 2.25. The maximum atomic E-state index is 10.7. The van der Waals surface area contributed by atoms with Gasteiger partial charge in [0, 0.05) is 18.3 Å². The van der Waals surface area contributed by atoms with Gasteiger partial charge in [-0.25, -0.2) is 9.48 Å². The lowest BCUT2D eigenvalue weighted by molar-refractivity contribution is -0.384. The number of hydrogen-bond donors (Lipinski definition) is 1. The van der Waals surface area contributed by atoms with E-state index in [2.05, 4.69) is 5.10 Å². The Balaban J connectivity index is 2.44. The Morgan fingerprint density at radius 3 is 2.72 bits per heavy atom. The highest BCUT2D eigenvalue weighted by molar-refractivity contribution is 6.32. The van der Waals surface area contributed by atoms with Crippen LogP contribution in [0.2, 0.25) is 5.02 Å². The van der Waals surface area contributed by atoms with Crippen LogP contribution < -0.4 is 0 Å². The molecule has 0 aliphatic carbocycles. The van der Waals surface area contributed by atoms with Gasteiger partial charge in [0.1, 0.15) is 0 Å². The number of rotatable bonds is 3. The van der Waals surface area contributed by atoms with E-state index in [1.807, 2.05) is 0 Å². The minimum Gasteiger partial charge on any atom is -0.478 e. The van der Waals surface area contributed by atoms with Crippen molar-refractivity contribution < 1.29 is 14.8 Å². The third kappa shape index (κ3) is 2.16. The Bertz CT molecular complexity index is 638. The largest absolute Gasteiger partial charge is 0.478 e. The molecule has 2 aromatic rings. The Labute approximate surface area is 105 Å². The van der Waals surface area contributed by atoms with Crippen molar-refractivity contribution >= 4 is 23.3 Å². The quantitative estimate of drug-likeness (QED) is 0.678. The van der Waals surface area contributed by atoms with Crippen molar-refractivity contribution in [1.29, 1.82) is 0 Å². The van der Waals surface area contributed by atoms with Crippen LogP contribution in [-0.2, 0) is 0 Å². The number of nitrogens with zero attached hydrogens (tertiary/aromatic N) is 3. The summed E-state index contributed by atoms with van der Waals surface area (Å²) in [5.74, 6) is -1.11. The lowest BCUT2D eigenvalue weighted by atomic mass is 10.3. The number of non-ortho nitro benzene ring substituents is 1. The molecular weight excluding hydrogens is 262 g/mol. The molecule has 1 aromatic carbocycles. The predicted octanol–water partition coefficient (Wildman–Crippen LogP) is 2.13. The van der Waals surface area contributed by atoms with E-state index in [1.165, 1.54) is 35.3 Å². The van der Waals surface area contributed by atoms with Crippen molar-refractivity contribution in [2.75, 3.05) is 0 Å².